The number of aryl methyl sites for hydroxylation is 1. The molecule has 1 N–H and O–H groups in total. The normalized spacial score (nSPS) is 10.2. The molecule has 0 saturated heterocycles. The second kappa shape index (κ2) is 6.09. The predicted molar refractivity (Wildman–Crippen MR) is 71.4 cm³/mol. The minimum absolute atomic E-state index is 0.118. The number of nitrogens with zero attached hydrogens (tertiary/aromatic N) is 1. The van der Waals surface area contributed by atoms with Crippen LogP contribution < -0.4 is 5.32 Å². The lowest BCUT2D eigenvalue weighted by Crippen LogP contribution is -2.25. The zero-order valence-corrected chi connectivity index (χ0v) is 10.7. The summed E-state index contributed by atoms with van der Waals surface area (Å²) in [4.78, 5) is 15.9. The molecule has 3 nitrogen and oxygen atoms in total. The molecule has 0 fully saturated rings. The highest BCUT2D eigenvalue weighted by Crippen LogP contribution is 2.04. The van der Waals surface area contributed by atoms with Gasteiger partial charge in [0.15, 0.2) is 0 Å². The van der Waals surface area contributed by atoms with Crippen molar-refractivity contribution in [3.05, 3.63) is 65.2 Å². The van der Waals surface area contributed by atoms with Crippen LogP contribution in [0.3, 0.4) is 0 Å². The molecule has 4 heteroatoms. The van der Waals surface area contributed by atoms with Gasteiger partial charge in [0, 0.05) is 24.0 Å². The summed E-state index contributed by atoms with van der Waals surface area (Å²) in [5, 5.41) is 2.83. The molecule has 0 aliphatic heterocycles. The van der Waals surface area contributed by atoms with Crippen LogP contribution in [0, 0.1) is 12.7 Å². The summed E-state index contributed by atoms with van der Waals surface area (Å²) >= 11 is 0. The second-order valence-corrected chi connectivity index (χ2v) is 4.32. The van der Waals surface area contributed by atoms with Crippen molar-refractivity contribution in [1.82, 2.24) is 10.3 Å². The minimum Gasteiger partial charge on any atom is -0.352 e. The molecule has 0 atom stereocenters. The molecule has 0 spiro atoms. The number of nitrogens with one attached hydrogen (secondary N) is 1. The monoisotopic (exact) mass is 258 g/mol. The van der Waals surface area contributed by atoms with E-state index < -0.39 is 0 Å². The molecule has 0 radical (unpaired) electrons. The van der Waals surface area contributed by atoms with E-state index in [9.17, 15) is 9.18 Å². The van der Waals surface area contributed by atoms with Crippen LogP contribution in [0.1, 0.15) is 21.6 Å². The van der Waals surface area contributed by atoms with Crippen LogP contribution in [0.15, 0.2) is 42.6 Å². The van der Waals surface area contributed by atoms with Crippen molar-refractivity contribution < 1.29 is 9.18 Å². The van der Waals surface area contributed by atoms with Gasteiger partial charge in [-0.3, -0.25) is 9.78 Å². The first-order chi connectivity index (χ1) is 9.15. The van der Waals surface area contributed by atoms with Crippen LogP contribution in [-0.2, 0) is 6.42 Å². The fourth-order valence-corrected chi connectivity index (χ4v) is 1.76. The van der Waals surface area contributed by atoms with E-state index in [0.717, 1.165) is 11.3 Å². The Morgan fingerprint density at radius 1 is 1.26 bits per heavy atom. The number of aromatic nitrogens is 1. The van der Waals surface area contributed by atoms with Gasteiger partial charge in [-0.25, -0.2) is 4.39 Å². The Labute approximate surface area is 111 Å². The Kier molecular flexibility index (Phi) is 4.23. The molecule has 0 aliphatic rings. The van der Waals surface area contributed by atoms with Crippen molar-refractivity contribution in [3.63, 3.8) is 0 Å². The van der Waals surface area contributed by atoms with E-state index in [4.69, 9.17) is 0 Å². The zero-order valence-electron chi connectivity index (χ0n) is 10.7. The first-order valence-corrected chi connectivity index (χ1v) is 6.10. The van der Waals surface area contributed by atoms with Gasteiger partial charge >= 0.3 is 0 Å². The van der Waals surface area contributed by atoms with Gasteiger partial charge in [-0.05, 0) is 43.2 Å². The number of pyridine rings is 1. The Morgan fingerprint density at radius 2 is 2.00 bits per heavy atom. The number of carbonyl (C=O) groups excluding carboxylic acids is 1. The van der Waals surface area contributed by atoms with Crippen molar-refractivity contribution in [2.24, 2.45) is 0 Å². The van der Waals surface area contributed by atoms with E-state index >= 15 is 0 Å². The van der Waals surface area contributed by atoms with Crippen molar-refractivity contribution in [2.45, 2.75) is 13.3 Å². The van der Waals surface area contributed by atoms with Crippen LogP contribution in [0.25, 0.3) is 0 Å². The van der Waals surface area contributed by atoms with E-state index in [-0.39, 0.29) is 11.7 Å². The largest absolute Gasteiger partial charge is 0.352 e. The lowest BCUT2D eigenvalue weighted by molar-refractivity contribution is 0.0954. The molecule has 19 heavy (non-hydrogen) atoms. The molecule has 1 amide bonds. The topological polar surface area (TPSA) is 42.0 Å². The highest BCUT2D eigenvalue weighted by molar-refractivity contribution is 5.94. The molecule has 0 bridgehead atoms. The lowest BCUT2D eigenvalue weighted by atomic mass is 10.1. The average Bonchev–Trinajstić information content (AvgIpc) is 2.41. The third-order valence-electron chi connectivity index (χ3n) is 2.77. The van der Waals surface area contributed by atoms with Gasteiger partial charge in [-0.15, -0.1) is 0 Å². The highest BCUT2D eigenvalue weighted by atomic mass is 19.1. The third-order valence-corrected chi connectivity index (χ3v) is 2.77. The summed E-state index contributed by atoms with van der Waals surface area (Å²) in [6, 6.07) is 9.70. The van der Waals surface area contributed by atoms with Gasteiger partial charge in [-0.2, -0.15) is 0 Å². The summed E-state index contributed by atoms with van der Waals surface area (Å²) in [6.07, 6.45) is 2.29. The summed E-state index contributed by atoms with van der Waals surface area (Å²) in [7, 11) is 0. The summed E-state index contributed by atoms with van der Waals surface area (Å²) < 4.78 is 12.7. The molecule has 98 valence electrons. The van der Waals surface area contributed by atoms with Crippen molar-refractivity contribution in [1.29, 1.82) is 0 Å². The number of halogens is 1. The van der Waals surface area contributed by atoms with Crippen LogP contribution in [0.5, 0.6) is 0 Å². The van der Waals surface area contributed by atoms with Crippen LogP contribution >= 0.6 is 0 Å². The predicted octanol–water partition coefficient (Wildman–Crippen LogP) is 2.50. The van der Waals surface area contributed by atoms with Gasteiger partial charge in [-0.1, -0.05) is 12.1 Å². The van der Waals surface area contributed by atoms with Gasteiger partial charge in [0.05, 0.1) is 0 Å². The zero-order chi connectivity index (χ0) is 13.7. The molecule has 1 aromatic carbocycles. The second-order valence-electron chi connectivity index (χ2n) is 4.32. The SMILES string of the molecule is Cc1cc(C(=O)NCCc2ccc(F)cc2)ccn1. The molecular weight excluding hydrogens is 243 g/mol. The summed E-state index contributed by atoms with van der Waals surface area (Å²) in [5.74, 6) is -0.368. The molecule has 0 saturated carbocycles. The number of hydrogen-bond acceptors (Lipinski definition) is 2. The fourth-order valence-electron chi connectivity index (χ4n) is 1.76. The number of benzene rings is 1. The van der Waals surface area contributed by atoms with Gasteiger partial charge in [0.2, 0.25) is 0 Å². The number of hydrogen-bond donors (Lipinski definition) is 1. The standard InChI is InChI=1S/C15H15FN2O/c1-11-10-13(7-9-17-11)15(19)18-8-6-12-2-4-14(16)5-3-12/h2-5,7,9-10H,6,8H2,1H3,(H,18,19). The molecule has 0 unspecified atom stereocenters. The van der Waals surface area contributed by atoms with Crippen molar-refractivity contribution in [3.8, 4) is 0 Å². The minimum atomic E-state index is -0.250. The first kappa shape index (κ1) is 13.2. The molecule has 1 heterocycles. The number of amides is 1. The molecule has 2 rings (SSSR count). The van der Waals surface area contributed by atoms with Crippen molar-refractivity contribution in [2.75, 3.05) is 6.54 Å². The van der Waals surface area contributed by atoms with Crippen molar-refractivity contribution >= 4 is 5.91 Å². The Balaban J connectivity index is 1.86. The maximum absolute atomic E-state index is 12.7. The van der Waals surface area contributed by atoms with Crippen LogP contribution in [0.4, 0.5) is 4.39 Å². The van der Waals surface area contributed by atoms with E-state index in [0.29, 0.717) is 18.5 Å². The number of rotatable bonds is 4. The third kappa shape index (κ3) is 3.88. The van der Waals surface area contributed by atoms with E-state index in [1.807, 2.05) is 6.92 Å². The van der Waals surface area contributed by atoms with E-state index in [1.54, 1.807) is 30.5 Å². The maximum atomic E-state index is 12.7. The lowest BCUT2D eigenvalue weighted by Gasteiger charge is -2.05. The van der Waals surface area contributed by atoms with Gasteiger partial charge in [0.1, 0.15) is 5.82 Å². The smallest absolute Gasteiger partial charge is 0.251 e. The van der Waals surface area contributed by atoms with Crippen LogP contribution in [0.2, 0.25) is 0 Å². The van der Waals surface area contributed by atoms with Crippen LogP contribution in [-0.4, -0.2) is 17.4 Å². The molecule has 0 aliphatic carbocycles. The first-order valence-electron chi connectivity index (χ1n) is 6.10. The van der Waals surface area contributed by atoms with Gasteiger partial charge in [0.25, 0.3) is 5.91 Å². The summed E-state index contributed by atoms with van der Waals surface area (Å²) in [6.45, 7) is 2.36. The number of carbonyl (C=O) groups is 1. The molecular formula is C15H15FN2O. The molecule has 2 aromatic rings. The Hall–Kier alpha value is -2.23. The van der Waals surface area contributed by atoms with E-state index in [2.05, 4.69) is 10.3 Å². The highest BCUT2D eigenvalue weighted by Gasteiger charge is 2.04. The quantitative estimate of drug-likeness (QED) is 0.915. The Bertz CT molecular complexity index is 567. The average molecular weight is 258 g/mol. The summed E-state index contributed by atoms with van der Waals surface area (Å²) in [5.41, 5.74) is 2.41. The Morgan fingerprint density at radius 3 is 2.68 bits per heavy atom. The maximum Gasteiger partial charge on any atom is 0.251 e. The van der Waals surface area contributed by atoms with Gasteiger partial charge < -0.3 is 5.32 Å². The molecule has 1 aromatic heterocycles. The van der Waals surface area contributed by atoms with E-state index in [1.165, 1.54) is 12.1 Å². The fraction of sp³-hybridized carbons (Fsp3) is 0.200.